The van der Waals surface area contributed by atoms with Gasteiger partial charge in [-0.1, -0.05) is 34.1 Å². The van der Waals surface area contributed by atoms with Crippen molar-refractivity contribution in [1.82, 2.24) is 10.3 Å². The molecule has 35 heavy (non-hydrogen) atoms. The van der Waals surface area contributed by atoms with Crippen LogP contribution in [-0.2, 0) is 15.7 Å². The second-order valence-electron chi connectivity index (χ2n) is 7.40. The largest absolute Gasteiger partial charge is 0.463 e. The molecule has 1 atom stereocenters. The molecule has 4 rings (SSSR count). The molecule has 0 fully saturated rings. The van der Waals surface area contributed by atoms with Crippen LogP contribution in [0.2, 0.25) is 0 Å². The van der Waals surface area contributed by atoms with Crippen LogP contribution in [0.15, 0.2) is 70.3 Å². The molecule has 1 aliphatic rings. The Morgan fingerprint density at radius 3 is 2.54 bits per heavy atom. The van der Waals surface area contributed by atoms with Crippen LogP contribution < -0.4 is 5.32 Å². The lowest BCUT2D eigenvalue weighted by Gasteiger charge is -2.27. The Morgan fingerprint density at radius 1 is 1.20 bits per heavy atom. The van der Waals surface area contributed by atoms with Crippen molar-refractivity contribution < 1.29 is 27.1 Å². The van der Waals surface area contributed by atoms with E-state index in [1.54, 1.807) is 18.5 Å². The summed E-state index contributed by atoms with van der Waals surface area (Å²) < 4.78 is 58.8. The van der Waals surface area contributed by atoms with Gasteiger partial charge in [0.25, 0.3) is 0 Å². The second-order valence-corrected chi connectivity index (χ2v) is 8.85. The number of nitrogens with one attached hydrogen (secondary N) is 1. The molecule has 1 unspecified atom stereocenters. The smallest absolute Gasteiger partial charge is 0.416 e. The number of rotatable bonds is 6. The molecule has 2 aromatic carbocycles. The van der Waals surface area contributed by atoms with Gasteiger partial charge in [0.2, 0.25) is 0 Å². The number of carbonyl (C=O) groups excluding carboxylic acids is 1. The standard InChI is InChI=1S/C24H18BrF4N3O2S/c1-2-34-23(33)19-18(12-25)31-21(22-30-9-10-35-22)32-20(19)16-8-7-15(26)11-17(16)13-3-5-14(6-4-13)24(27,28)29/h3-11,20H,2,12H2,1H3,(H,31,32). The number of aromatic nitrogens is 1. The fourth-order valence-corrected chi connectivity index (χ4v) is 4.71. The highest BCUT2D eigenvalue weighted by molar-refractivity contribution is 9.09. The molecule has 1 aliphatic heterocycles. The first-order valence-electron chi connectivity index (χ1n) is 10.4. The SMILES string of the molecule is CCOC(=O)C1=C(CBr)NC(c2nccs2)=NC1c1ccc(F)cc1-c1ccc(C(F)(F)F)cc1. The zero-order chi connectivity index (χ0) is 25.2. The first-order valence-corrected chi connectivity index (χ1v) is 12.4. The van der Waals surface area contributed by atoms with Gasteiger partial charge in [-0.2, -0.15) is 13.2 Å². The highest BCUT2D eigenvalue weighted by atomic mass is 79.9. The number of halogens is 5. The van der Waals surface area contributed by atoms with E-state index in [-0.39, 0.29) is 17.5 Å². The van der Waals surface area contributed by atoms with Crippen molar-refractivity contribution in [2.45, 2.75) is 19.1 Å². The van der Waals surface area contributed by atoms with Gasteiger partial charge in [-0.25, -0.2) is 14.2 Å². The van der Waals surface area contributed by atoms with Gasteiger partial charge in [-0.15, -0.1) is 11.3 Å². The molecule has 5 nitrogen and oxygen atoms in total. The average Bonchev–Trinajstić information content (AvgIpc) is 3.38. The van der Waals surface area contributed by atoms with Crippen molar-refractivity contribution >= 4 is 39.1 Å². The number of ether oxygens (including phenoxy) is 1. The van der Waals surface area contributed by atoms with E-state index in [2.05, 4.69) is 26.2 Å². The van der Waals surface area contributed by atoms with Crippen LogP contribution in [0.5, 0.6) is 0 Å². The summed E-state index contributed by atoms with van der Waals surface area (Å²) in [6.45, 7) is 1.80. The highest BCUT2D eigenvalue weighted by Gasteiger charge is 2.34. The fourth-order valence-electron chi connectivity index (χ4n) is 3.68. The number of carbonyl (C=O) groups is 1. The maximum atomic E-state index is 14.3. The molecule has 3 aromatic rings. The summed E-state index contributed by atoms with van der Waals surface area (Å²) in [5.41, 5.74) is 0.978. The van der Waals surface area contributed by atoms with E-state index in [0.717, 1.165) is 12.1 Å². The van der Waals surface area contributed by atoms with E-state index < -0.39 is 29.6 Å². The first-order chi connectivity index (χ1) is 16.7. The van der Waals surface area contributed by atoms with E-state index >= 15 is 0 Å². The number of alkyl halides is 4. The molecule has 11 heteroatoms. The molecule has 0 amide bonds. The van der Waals surface area contributed by atoms with Crippen molar-refractivity contribution in [2.75, 3.05) is 11.9 Å². The molecule has 0 saturated heterocycles. The van der Waals surface area contributed by atoms with E-state index in [1.807, 2.05) is 0 Å². The summed E-state index contributed by atoms with van der Waals surface area (Å²) in [5.74, 6) is -0.775. The van der Waals surface area contributed by atoms with Gasteiger partial charge in [-0.3, -0.25) is 4.99 Å². The molecule has 0 saturated carbocycles. The fraction of sp³-hybridized carbons (Fsp3) is 0.208. The van der Waals surface area contributed by atoms with Crippen LogP contribution in [0.4, 0.5) is 17.6 Å². The van der Waals surface area contributed by atoms with E-state index in [4.69, 9.17) is 9.73 Å². The lowest BCUT2D eigenvalue weighted by Crippen LogP contribution is -2.34. The quantitative estimate of drug-likeness (QED) is 0.216. The van der Waals surface area contributed by atoms with Gasteiger partial charge in [0, 0.05) is 22.6 Å². The number of nitrogens with zero attached hydrogens (tertiary/aromatic N) is 2. The molecule has 0 aliphatic carbocycles. The number of thiazole rings is 1. The van der Waals surface area contributed by atoms with E-state index in [1.165, 1.54) is 41.7 Å². The number of amidine groups is 1. The van der Waals surface area contributed by atoms with Gasteiger partial charge in [-0.05, 0) is 47.9 Å². The third-order valence-corrected chi connectivity index (χ3v) is 6.56. The van der Waals surface area contributed by atoms with Crippen molar-refractivity contribution in [3.8, 4) is 11.1 Å². The maximum Gasteiger partial charge on any atom is 0.416 e. The number of aliphatic imine (C=N–C) groups is 1. The Hall–Kier alpha value is -3.05. The highest BCUT2D eigenvalue weighted by Crippen LogP contribution is 2.39. The van der Waals surface area contributed by atoms with Crippen molar-refractivity contribution in [3.63, 3.8) is 0 Å². The van der Waals surface area contributed by atoms with E-state index in [0.29, 0.717) is 33.2 Å². The number of allylic oxidation sites excluding steroid dienone is 1. The van der Waals surface area contributed by atoms with Crippen LogP contribution in [0, 0.1) is 5.82 Å². The monoisotopic (exact) mass is 567 g/mol. The number of benzene rings is 2. The topological polar surface area (TPSA) is 63.6 Å². The Balaban J connectivity index is 1.90. The first kappa shape index (κ1) is 25.1. The molecular weight excluding hydrogens is 550 g/mol. The van der Waals surface area contributed by atoms with E-state index in [9.17, 15) is 22.4 Å². The van der Waals surface area contributed by atoms with Crippen LogP contribution in [0.25, 0.3) is 11.1 Å². The Bertz CT molecular complexity index is 1290. The number of esters is 1. The van der Waals surface area contributed by atoms with Crippen molar-refractivity contribution in [3.05, 3.63) is 87.3 Å². The maximum absolute atomic E-state index is 14.3. The van der Waals surface area contributed by atoms with Crippen LogP contribution in [0.3, 0.4) is 0 Å². The Kier molecular flexibility index (Phi) is 7.36. The molecular formula is C24H18BrF4N3O2S. The van der Waals surface area contributed by atoms with Gasteiger partial charge >= 0.3 is 12.1 Å². The molecule has 0 spiro atoms. The van der Waals surface area contributed by atoms with Crippen molar-refractivity contribution in [1.29, 1.82) is 0 Å². The molecule has 1 aromatic heterocycles. The summed E-state index contributed by atoms with van der Waals surface area (Å²) in [4.78, 5) is 22.0. The zero-order valence-corrected chi connectivity index (χ0v) is 20.6. The molecule has 0 radical (unpaired) electrons. The van der Waals surface area contributed by atoms with Gasteiger partial charge < -0.3 is 10.1 Å². The summed E-state index contributed by atoms with van der Waals surface area (Å²) in [6.07, 6.45) is -2.89. The lowest BCUT2D eigenvalue weighted by molar-refractivity contribution is -0.139. The third-order valence-electron chi connectivity index (χ3n) is 5.22. The summed E-state index contributed by atoms with van der Waals surface area (Å²) in [6, 6.07) is 7.41. The summed E-state index contributed by atoms with van der Waals surface area (Å²) >= 11 is 4.74. The zero-order valence-electron chi connectivity index (χ0n) is 18.2. The normalized spacial score (nSPS) is 16.1. The summed E-state index contributed by atoms with van der Waals surface area (Å²) in [7, 11) is 0. The predicted octanol–water partition coefficient (Wildman–Crippen LogP) is 6.27. The Labute approximate surface area is 210 Å². The average molecular weight is 568 g/mol. The molecule has 2 heterocycles. The second kappa shape index (κ2) is 10.3. The van der Waals surface area contributed by atoms with Gasteiger partial charge in [0.05, 0.1) is 17.7 Å². The minimum absolute atomic E-state index is 0.128. The lowest BCUT2D eigenvalue weighted by atomic mass is 9.89. The third kappa shape index (κ3) is 5.30. The molecule has 0 bridgehead atoms. The predicted molar refractivity (Wildman–Crippen MR) is 129 cm³/mol. The number of hydrogen-bond acceptors (Lipinski definition) is 6. The minimum Gasteiger partial charge on any atom is -0.463 e. The molecule has 182 valence electrons. The van der Waals surface area contributed by atoms with Crippen molar-refractivity contribution in [2.24, 2.45) is 4.99 Å². The van der Waals surface area contributed by atoms with Gasteiger partial charge in [0.15, 0.2) is 10.8 Å². The number of hydrogen-bond donors (Lipinski definition) is 1. The summed E-state index contributed by atoms with van der Waals surface area (Å²) in [5, 5.41) is 5.74. The van der Waals surface area contributed by atoms with Crippen LogP contribution >= 0.6 is 27.3 Å². The van der Waals surface area contributed by atoms with Crippen LogP contribution in [0.1, 0.15) is 29.1 Å². The molecule has 1 N–H and O–H groups in total. The van der Waals surface area contributed by atoms with Gasteiger partial charge in [0.1, 0.15) is 11.9 Å². The Morgan fingerprint density at radius 2 is 1.94 bits per heavy atom. The van der Waals surface area contributed by atoms with Crippen LogP contribution in [-0.4, -0.2) is 28.7 Å². The minimum atomic E-state index is -4.50.